The zero-order valence-electron chi connectivity index (χ0n) is 20.3. The third-order valence-electron chi connectivity index (χ3n) is 8.29. The minimum atomic E-state index is -2.62. The second-order valence-corrected chi connectivity index (χ2v) is 11.7. The van der Waals surface area contributed by atoms with E-state index in [2.05, 4.69) is 40.5 Å². The van der Waals surface area contributed by atoms with Gasteiger partial charge in [-0.05, 0) is 42.8 Å². The van der Waals surface area contributed by atoms with E-state index in [1.807, 2.05) is 37.3 Å². The van der Waals surface area contributed by atoms with Gasteiger partial charge >= 0.3 is 0 Å². The van der Waals surface area contributed by atoms with Gasteiger partial charge in [-0.3, -0.25) is 9.47 Å². The fraction of sp³-hybridized carbons (Fsp3) is 0.462. The molecule has 0 N–H and O–H groups in total. The van der Waals surface area contributed by atoms with Gasteiger partial charge in [0.1, 0.15) is 17.6 Å². The summed E-state index contributed by atoms with van der Waals surface area (Å²) in [7, 11) is 0. The van der Waals surface area contributed by atoms with Crippen LogP contribution < -0.4 is 9.80 Å². The lowest BCUT2D eigenvalue weighted by atomic mass is 9.73. The largest absolute Gasteiger partial charge is 0.355 e. The van der Waals surface area contributed by atoms with Crippen molar-refractivity contribution < 1.29 is 8.78 Å². The van der Waals surface area contributed by atoms with Crippen molar-refractivity contribution in [3.8, 4) is 11.8 Å². The van der Waals surface area contributed by atoms with Crippen LogP contribution in [-0.4, -0.2) is 62.3 Å². The first-order chi connectivity index (χ1) is 17.7. The number of pyridine rings is 1. The molecule has 0 radical (unpaired) electrons. The monoisotopic (exact) mass is 522 g/mol. The van der Waals surface area contributed by atoms with Gasteiger partial charge in [0.05, 0.1) is 12.2 Å². The summed E-state index contributed by atoms with van der Waals surface area (Å²) in [4.78, 5) is 11.0. The summed E-state index contributed by atoms with van der Waals surface area (Å²) in [6.45, 7) is 6.31. The average Bonchev–Trinajstić information content (AvgIpc) is 3.11. The number of anilines is 2. The summed E-state index contributed by atoms with van der Waals surface area (Å²) in [6.07, 6.45) is -0.317. The van der Waals surface area contributed by atoms with Gasteiger partial charge < -0.3 is 9.80 Å². The van der Waals surface area contributed by atoms with Crippen LogP contribution in [0.15, 0.2) is 36.4 Å². The zero-order valence-corrected chi connectivity index (χ0v) is 21.1. The standard InChI is InChI=1S/C26H25ClF2N8/c1-24(11-26(28,29)12-24)36-9-17-7-18(27)5-6-20(17)37-22(10-36)32-33-23(37)35-15-25(16-35)13-34(14-25)21-4-2-3-19(8-30)31-21/h2-7H,9-16H2,1H3. The maximum absolute atomic E-state index is 13.9. The van der Waals surface area contributed by atoms with Crippen molar-refractivity contribution >= 4 is 23.4 Å². The summed E-state index contributed by atoms with van der Waals surface area (Å²) in [6, 6.07) is 13.4. The molecule has 3 fully saturated rings. The summed E-state index contributed by atoms with van der Waals surface area (Å²) in [5.41, 5.74) is 1.91. The molecule has 0 unspecified atom stereocenters. The molecule has 0 amide bonds. The third kappa shape index (κ3) is 3.59. The smallest absolute Gasteiger partial charge is 0.251 e. The normalized spacial score (nSPS) is 22.7. The molecule has 3 aromatic rings. The molecule has 0 bridgehead atoms. The lowest BCUT2D eigenvalue weighted by molar-refractivity contribution is -0.173. The van der Waals surface area contributed by atoms with Gasteiger partial charge in [-0.15, -0.1) is 10.2 Å². The van der Waals surface area contributed by atoms with Crippen LogP contribution in [0.4, 0.5) is 20.5 Å². The molecule has 1 aliphatic carbocycles. The first-order valence-electron chi connectivity index (χ1n) is 12.4. The highest BCUT2D eigenvalue weighted by Crippen LogP contribution is 2.51. The predicted molar refractivity (Wildman–Crippen MR) is 134 cm³/mol. The molecule has 11 heteroatoms. The molecule has 2 aromatic heterocycles. The second-order valence-electron chi connectivity index (χ2n) is 11.3. The van der Waals surface area contributed by atoms with E-state index in [1.165, 1.54) is 0 Å². The molecule has 37 heavy (non-hydrogen) atoms. The Balaban J connectivity index is 1.14. The molecule has 1 aromatic carbocycles. The molecule has 190 valence electrons. The number of fused-ring (bicyclic) bond motifs is 3. The van der Waals surface area contributed by atoms with Crippen molar-refractivity contribution in [1.29, 1.82) is 5.26 Å². The Labute approximate surface area is 218 Å². The van der Waals surface area contributed by atoms with Crippen molar-refractivity contribution in [3.63, 3.8) is 0 Å². The van der Waals surface area contributed by atoms with Crippen LogP contribution in [0, 0.1) is 16.7 Å². The summed E-state index contributed by atoms with van der Waals surface area (Å²) in [5, 5.41) is 18.9. The number of hydrogen-bond donors (Lipinski definition) is 0. The van der Waals surface area contributed by atoms with E-state index in [9.17, 15) is 8.78 Å². The van der Waals surface area contributed by atoms with Gasteiger partial charge in [0.2, 0.25) is 5.95 Å². The van der Waals surface area contributed by atoms with Crippen molar-refractivity contribution in [1.82, 2.24) is 24.6 Å². The van der Waals surface area contributed by atoms with E-state index in [1.54, 1.807) is 6.07 Å². The maximum atomic E-state index is 13.9. The number of benzene rings is 1. The Morgan fingerprint density at radius 2 is 1.76 bits per heavy atom. The fourth-order valence-corrected chi connectivity index (χ4v) is 6.75. The van der Waals surface area contributed by atoms with E-state index >= 15 is 0 Å². The van der Waals surface area contributed by atoms with Gasteiger partial charge in [-0.25, -0.2) is 13.8 Å². The predicted octanol–water partition coefficient (Wildman–Crippen LogP) is 4.02. The highest BCUT2D eigenvalue weighted by Gasteiger charge is 2.57. The first kappa shape index (κ1) is 22.9. The zero-order chi connectivity index (χ0) is 25.6. The van der Waals surface area contributed by atoms with Crippen LogP contribution in [0.25, 0.3) is 5.69 Å². The molecular formula is C26H25ClF2N8. The maximum Gasteiger partial charge on any atom is 0.251 e. The highest BCUT2D eigenvalue weighted by molar-refractivity contribution is 6.30. The third-order valence-corrected chi connectivity index (χ3v) is 8.53. The van der Waals surface area contributed by atoms with Crippen molar-refractivity contribution in [2.75, 3.05) is 36.0 Å². The van der Waals surface area contributed by atoms with E-state index in [0.717, 1.165) is 55.0 Å². The molecule has 7 rings (SSSR count). The van der Waals surface area contributed by atoms with Gasteiger partial charge in [0, 0.05) is 61.5 Å². The highest BCUT2D eigenvalue weighted by atomic mass is 35.5. The Hall–Kier alpha value is -3.29. The molecule has 1 saturated carbocycles. The number of hydrogen-bond acceptors (Lipinski definition) is 7. The van der Waals surface area contributed by atoms with Crippen LogP contribution in [0.1, 0.15) is 36.8 Å². The van der Waals surface area contributed by atoms with Gasteiger partial charge in [0.15, 0.2) is 5.82 Å². The van der Waals surface area contributed by atoms with Crippen LogP contribution in [0.5, 0.6) is 0 Å². The van der Waals surface area contributed by atoms with E-state index in [-0.39, 0.29) is 18.3 Å². The average molecular weight is 523 g/mol. The second kappa shape index (κ2) is 7.62. The lowest BCUT2D eigenvalue weighted by Crippen LogP contribution is -2.73. The van der Waals surface area contributed by atoms with E-state index in [4.69, 9.17) is 16.9 Å². The molecule has 1 spiro atoms. The minimum absolute atomic E-state index is 0.154. The van der Waals surface area contributed by atoms with E-state index in [0.29, 0.717) is 23.8 Å². The number of aromatic nitrogens is 4. The van der Waals surface area contributed by atoms with Crippen LogP contribution in [0.2, 0.25) is 5.02 Å². The van der Waals surface area contributed by atoms with Crippen LogP contribution >= 0.6 is 11.6 Å². The molecular weight excluding hydrogens is 498 g/mol. The van der Waals surface area contributed by atoms with Gasteiger partial charge in [0.25, 0.3) is 5.92 Å². The van der Waals surface area contributed by atoms with Crippen LogP contribution in [0.3, 0.4) is 0 Å². The topological polar surface area (TPSA) is 77.1 Å². The Bertz CT molecular complexity index is 1440. The molecule has 2 saturated heterocycles. The van der Waals surface area contributed by atoms with Gasteiger partial charge in [-0.1, -0.05) is 17.7 Å². The minimum Gasteiger partial charge on any atom is -0.355 e. The molecule has 0 atom stereocenters. The Morgan fingerprint density at radius 3 is 2.49 bits per heavy atom. The number of alkyl halides is 2. The number of nitriles is 1. The fourth-order valence-electron chi connectivity index (χ4n) is 6.55. The quantitative estimate of drug-likeness (QED) is 0.514. The first-order valence-corrected chi connectivity index (χ1v) is 12.8. The molecule has 3 aliphatic heterocycles. The summed E-state index contributed by atoms with van der Waals surface area (Å²) < 4.78 is 29.8. The number of nitrogens with zero attached hydrogens (tertiary/aromatic N) is 8. The Kier molecular flexibility index (Phi) is 4.71. The number of halogens is 3. The molecule has 4 aliphatic rings. The summed E-state index contributed by atoms with van der Waals surface area (Å²) >= 11 is 6.36. The SMILES string of the molecule is CC1(N2Cc3cc(Cl)ccc3-n3c(nnc3N3CC4(CN(c5cccc(C#N)n5)C4)C3)C2)CC(F)(F)C1. The molecule has 5 heterocycles. The van der Waals surface area contributed by atoms with Crippen molar-refractivity contribution in [2.24, 2.45) is 5.41 Å². The van der Waals surface area contributed by atoms with Crippen LogP contribution in [-0.2, 0) is 13.1 Å². The lowest BCUT2D eigenvalue weighted by Gasteiger charge is -2.60. The van der Waals surface area contributed by atoms with Crippen molar-refractivity contribution in [3.05, 3.63) is 58.5 Å². The number of rotatable bonds is 3. The van der Waals surface area contributed by atoms with Gasteiger partial charge in [-0.2, -0.15) is 5.26 Å². The Morgan fingerprint density at radius 1 is 1.00 bits per heavy atom. The van der Waals surface area contributed by atoms with E-state index < -0.39 is 11.5 Å². The summed E-state index contributed by atoms with van der Waals surface area (Å²) in [5.74, 6) is -0.259. The molecule has 8 nitrogen and oxygen atoms in total. The van der Waals surface area contributed by atoms with Crippen molar-refractivity contribution in [2.45, 2.75) is 44.3 Å².